The molecule has 0 spiro atoms. The zero-order valence-corrected chi connectivity index (χ0v) is 53.1. The summed E-state index contributed by atoms with van der Waals surface area (Å²) in [6, 6.07) is -0.849. The second kappa shape index (κ2) is 57.9. The summed E-state index contributed by atoms with van der Waals surface area (Å²) in [7, 11) is 1.50. The molecule has 0 aliphatic carbocycles. The van der Waals surface area contributed by atoms with Crippen LogP contribution in [0.5, 0.6) is 0 Å². The fourth-order valence-electron chi connectivity index (χ4n) is 9.57. The maximum absolute atomic E-state index is 13.6. The first-order valence-electron chi connectivity index (χ1n) is 33.1. The molecule has 0 rings (SSSR count). The highest BCUT2D eigenvalue weighted by Gasteiger charge is 2.30. The average molecular weight is 1120 g/mol. The Labute approximate surface area is 483 Å². The molecule has 0 saturated heterocycles. The van der Waals surface area contributed by atoms with Crippen LogP contribution in [0.2, 0.25) is 0 Å². The van der Waals surface area contributed by atoms with Gasteiger partial charge in [-0.1, -0.05) is 281 Å². The molecule has 0 aromatic heterocycles. The number of unbranched alkanes of at least 4 members (excludes halogenated alkanes) is 36. The molecule has 0 aliphatic rings. The van der Waals surface area contributed by atoms with E-state index in [1.54, 1.807) is 0 Å². The first kappa shape index (κ1) is 75.7. The first-order chi connectivity index (χ1) is 37.9. The molecule has 10 heteroatoms. The molecular formula is C68H128N2O7P+. The van der Waals surface area contributed by atoms with Crippen LogP contribution < -0.4 is 5.32 Å². The van der Waals surface area contributed by atoms with E-state index in [-0.39, 0.29) is 31.5 Å². The molecule has 0 radical (unpaired) electrons. The first-order valence-corrected chi connectivity index (χ1v) is 34.6. The van der Waals surface area contributed by atoms with Gasteiger partial charge in [-0.2, -0.15) is 0 Å². The Morgan fingerprint density at radius 2 is 0.782 bits per heavy atom. The Morgan fingerprint density at radius 3 is 1.19 bits per heavy atom. The number of likely N-dealkylation sites (N-methyl/N-ethyl adjacent to an activating group) is 1. The number of allylic oxidation sites excluding steroid dienone is 9. The van der Waals surface area contributed by atoms with Crippen LogP contribution in [-0.2, 0) is 27.9 Å². The summed E-state index contributed by atoms with van der Waals surface area (Å²) in [6.07, 6.45) is 73.6. The summed E-state index contributed by atoms with van der Waals surface area (Å²) < 4.78 is 30.7. The molecule has 3 atom stereocenters. The number of ether oxygens (including phenoxy) is 1. The summed E-state index contributed by atoms with van der Waals surface area (Å²) in [5.41, 5.74) is 0. The van der Waals surface area contributed by atoms with Gasteiger partial charge >= 0.3 is 13.8 Å². The van der Waals surface area contributed by atoms with Crippen LogP contribution in [0.4, 0.5) is 0 Å². The quantitative estimate of drug-likeness (QED) is 0.0205. The van der Waals surface area contributed by atoms with Crippen LogP contribution in [0.3, 0.4) is 0 Å². The van der Waals surface area contributed by atoms with Gasteiger partial charge in [-0.25, -0.2) is 4.57 Å². The van der Waals surface area contributed by atoms with Crippen molar-refractivity contribution in [2.45, 2.75) is 322 Å². The van der Waals surface area contributed by atoms with E-state index in [1.165, 1.54) is 193 Å². The van der Waals surface area contributed by atoms with Gasteiger partial charge in [0.1, 0.15) is 19.3 Å². The maximum Gasteiger partial charge on any atom is 0.472 e. The van der Waals surface area contributed by atoms with Gasteiger partial charge < -0.3 is 19.4 Å². The summed E-state index contributed by atoms with van der Waals surface area (Å²) in [4.78, 5) is 37.8. The van der Waals surface area contributed by atoms with Crippen molar-refractivity contribution in [2.24, 2.45) is 0 Å². The largest absolute Gasteiger partial charge is 0.472 e. The minimum absolute atomic E-state index is 0.0397. The third kappa shape index (κ3) is 58.4. The van der Waals surface area contributed by atoms with E-state index in [0.29, 0.717) is 17.4 Å². The molecule has 0 aromatic rings. The van der Waals surface area contributed by atoms with Gasteiger partial charge in [-0.15, -0.1) is 0 Å². The highest BCUT2D eigenvalue weighted by molar-refractivity contribution is 7.47. The minimum atomic E-state index is -4.45. The normalized spacial score (nSPS) is 14.0. The Hall–Kier alpha value is -2.29. The van der Waals surface area contributed by atoms with Crippen molar-refractivity contribution < 1.29 is 37.3 Å². The second-order valence-corrected chi connectivity index (χ2v) is 25.1. The van der Waals surface area contributed by atoms with Gasteiger partial charge in [0.15, 0.2) is 0 Å². The number of amides is 1. The van der Waals surface area contributed by atoms with E-state index in [0.717, 1.165) is 83.5 Å². The van der Waals surface area contributed by atoms with Crippen LogP contribution in [0, 0.1) is 0 Å². The van der Waals surface area contributed by atoms with Crippen LogP contribution in [0.15, 0.2) is 60.8 Å². The number of nitrogens with one attached hydrogen (secondary N) is 1. The number of rotatable bonds is 60. The van der Waals surface area contributed by atoms with Crippen LogP contribution in [-0.4, -0.2) is 74.3 Å². The molecule has 0 bridgehead atoms. The molecule has 1 amide bonds. The number of phosphoric ester groups is 1. The lowest BCUT2D eigenvalue weighted by atomic mass is 10.0. The number of quaternary nitrogens is 1. The predicted octanol–water partition coefficient (Wildman–Crippen LogP) is 20.6. The Kier molecular flexibility index (Phi) is 56.2. The Bertz CT molecular complexity index is 1520. The molecule has 78 heavy (non-hydrogen) atoms. The average Bonchev–Trinajstić information content (AvgIpc) is 3.40. The number of hydrogen-bond donors (Lipinski definition) is 2. The number of phosphoric acid groups is 1. The lowest BCUT2D eigenvalue weighted by molar-refractivity contribution is -0.870. The Morgan fingerprint density at radius 1 is 0.449 bits per heavy atom. The van der Waals surface area contributed by atoms with Crippen molar-refractivity contribution in [2.75, 3.05) is 40.9 Å². The smallest absolute Gasteiger partial charge is 0.456 e. The van der Waals surface area contributed by atoms with Crippen molar-refractivity contribution in [3.05, 3.63) is 60.8 Å². The van der Waals surface area contributed by atoms with Gasteiger partial charge in [-0.3, -0.25) is 18.6 Å². The van der Waals surface area contributed by atoms with Gasteiger partial charge in [0.25, 0.3) is 0 Å². The minimum Gasteiger partial charge on any atom is -0.456 e. The summed E-state index contributed by atoms with van der Waals surface area (Å²) in [5, 5.41) is 3.06. The molecular weight excluding hydrogens is 988 g/mol. The fourth-order valence-corrected chi connectivity index (χ4v) is 10.3. The number of esters is 1. The SMILES string of the molecule is CCCCC/C=C\C/C=C\C/C=C\C/C=C\CCCCCCCCCCCC(=O)OC(/C=C/CCCCCCCCCCCC)C(COP(=O)(O)OCC[N+](C)(C)C)NC(=O)CCCCCCCCCCCCCCCCC. The van der Waals surface area contributed by atoms with Crippen molar-refractivity contribution in [1.29, 1.82) is 0 Å². The highest BCUT2D eigenvalue weighted by atomic mass is 31.2. The van der Waals surface area contributed by atoms with Crippen molar-refractivity contribution in [1.82, 2.24) is 5.32 Å². The Balaban J connectivity index is 5.12. The van der Waals surface area contributed by atoms with Crippen molar-refractivity contribution in [3.63, 3.8) is 0 Å². The topological polar surface area (TPSA) is 111 Å². The van der Waals surface area contributed by atoms with Crippen molar-refractivity contribution >= 4 is 19.7 Å². The lowest BCUT2D eigenvalue weighted by Gasteiger charge is -2.27. The molecule has 0 fully saturated rings. The number of nitrogens with zero attached hydrogens (tertiary/aromatic N) is 1. The van der Waals surface area contributed by atoms with E-state index in [9.17, 15) is 19.0 Å². The third-order valence-corrected chi connectivity index (χ3v) is 15.7. The van der Waals surface area contributed by atoms with Gasteiger partial charge in [0, 0.05) is 12.8 Å². The maximum atomic E-state index is 13.6. The fraction of sp³-hybridized carbons (Fsp3) is 0.824. The molecule has 0 heterocycles. The second-order valence-electron chi connectivity index (χ2n) is 23.6. The van der Waals surface area contributed by atoms with Crippen LogP contribution in [0.1, 0.15) is 310 Å². The summed E-state index contributed by atoms with van der Waals surface area (Å²) in [6.45, 7) is 7.01. The summed E-state index contributed by atoms with van der Waals surface area (Å²) >= 11 is 0. The zero-order valence-electron chi connectivity index (χ0n) is 52.2. The van der Waals surface area contributed by atoms with Crippen molar-refractivity contribution in [3.8, 4) is 0 Å². The molecule has 0 saturated carbocycles. The lowest BCUT2D eigenvalue weighted by Crippen LogP contribution is -2.47. The van der Waals surface area contributed by atoms with E-state index >= 15 is 0 Å². The van der Waals surface area contributed by atoms with Gasteiger partial charge in [0.2, 0.25) is 5.91 Å². The molecule has 0 aliphatic heterocycles. The summed E-state index contributed by atoms with van der Waals surface area (Å²) in [5.74, 6) is -0.501. The zero-order chi connectivity index (χ0) is 57.2. The molecule has 2 N–H and O–H groups in total. The molecule has 456 valence electrons. The molecule has 9 nitrogen and oxygen atoms in total. The standard InChI is InChI=1S/C68H127N2O7P/c1-7-10-13-16-19-22-25-28-30-31-32-33-34-35-36-37-38-39-41-43-46-49-52-55-58-61-68(72)77-66(59-56-53-50-47-44-27-24-21-18-15-12-9-3)65(64-76-78(73,74)75-63-62-70(4,5)6)69-67(71)60-57-54-51-48-45-42-40-29-26-23-20-17-14-11-8-2/h19,22,28,30,32-33,35-36,56,59,65-66H,7-18,20-21,23-27,29,31,34,37-55,57-58,60-64H2,1-6H3,(H-,69,71,73,74)/p+1/b22-19-,30-28-,33-32-,36-35-,59-56+. The predicted molar refractivity (Wildman–Crippen MR) is 337 cm³/mol. The number of carbonyl (C=O) groups is 2. The number of carbonyl (C=O) groups excluding carboxylic acids is 2. The van der Waals surface area contributed by atoms with Gasteiger partial charge in [-0.05, 0) is 76.7 Å². The van der Waals surface area contributed by atoms with E-state index in [4.69, 9.17) is 13.8 Å². The van der Waals surface area contributed by atoms with Crippen LogP contribution >= 0.6 is 7.82 Å². The van der Waals surface area contributed by atoms with Crippen LogP contribution in [0.25, 0.3) is 0 Å². The van der Waals surface area contributed by atoms with E-state index in [2.05, 4.69) is 74.7 Å². The van der Waals surface area contributed by atoms with E-state index < -0.39 is 20.0 Å². The third-order valence-electron chi connectivity index (χ3n) is 14.7. The number of hydrogen-bond acceptors (Lipinski definition) is 6. The monoisotopic (exact) mass is 1120 g/mol. The van der Waals surface area contributed by atoms with Gasteiger partial charge in [0.05, 0.1) is 33.8 Å². The molecule has 3 unspecified atom stereocenters. The molecule has 0 aromatic carbocycles. The van der Waals surface area contributed by atoms with E-state index in [1.807, 2.05) is 33.3 Å². The highest BCUT2D eigenvalue weighted by Crippen LogP contribution is 2.43.